The molecule has 2 aromatic rings. The highest BCUT2D eigenvalue weighted by molar-refractivity contribution is 6.08. The van der Waals surface area contributed by atoms with Crippen LogP contribution in [0.15, 0.2) is 53.5 Å². The third-order valence-corrected chi connectivity index (χ3v) is 6.68. The number of carbonyl (C=O) groups is 2. The fraction of sp³-hybridized carbons (Fsp3) is 0.464. The molecule has 1 heterocycles. The number of carboxylic acids is 1. The van der Waals surface area contributed by atoms with Crippen LogP contribution in [0.25, 0.3) is 0 Å². The van der Waals surface area contributed by atoms with Crippen LogP contribution in [-0.2, 0) is 16.1 Å². The van der Waals surface area contributed by atoms with E-state index in [4.69, 9.17) is 14.5 Å². The molecular weight excluding hydrogens is 444 g/mol. The minimum absolute atomic E-state index is 0.155. The van der Waals surface area contributed by atoms with E-state index in [-0.39, 0.29) is 5.91 Å². The molecule has 4 rings (SSSR count). The van der Waals surface area contributed by atoms with E-state index in [1.54, 1.807) is 24.3 Å². The highest BCUT2D eigenvalue weighted by atomic mass is 16.5. The van der Waals surface area contributed by atoms with Gasteiger partial charge in [-0.05, 0) is 62.9 Å². The van der Waals surface area contributed by atoms with Gasteiger partial charge in [-0.15, -0.1) is 0 Å². The maximum absolute atomic E-state index is 13.3. The zero-order chi connectivity index (χ0) is 25.1. The predicted molar refractivity (Wildman–Crippen MR) is 134 cm³/mol. The van der Waals surface area contributed by atoms with Crippen LogP contribution in [0.1, 0.15) is 71.3 Å². The summed E-state index contributed by atoms with van der Waals surface area (Å²) in [4.78, 5) is 31.5. The van der Waals surface area contributed by atoms with Crippen molar-refractivity contribution in [1.29, 1.82) is 0 Å². The van der Waals surface area contributed by atoms with Gasteiger partial charge in [-0.2, -0.15) is 0 Å². The Morgan fingerprint density at radius 2 is 1.77 bits per heavy atom. The van der Waals surface area contributed by atoms with E-state index in [2.05, 4.69) is 6.92 Å². The van der Waals surface area contributed by atoms with Crippen molar-refractivity contribution in [1.82, 2.24) is 4.90 Å². The van der Waals surface area contributed by atoms with Crippen LogP contribution in [0.2, 0.25) is 0 Å². The van der Waals surface area contributed by atoms with E-state index in [9.17, 15) is 14.7 Å². The average Bonchev–Trinajstić information content (AvgIpc) is 3.39. The highest BCUT2D eigenvalue weighted by Crippen LogP contribution is 2.40. The summed E-state index contributed by atoms with van der Waals surface area (Å²) in [6.45, 7) is 5.66. The molecule has 2 aliphatic rings. The first-order valence-corrected chi connectivity index (χ1v) is 12.4. The lowest BCUT2D eigenvalue weighted by molar-refractivity contribution is -0.152. The number of nitrogens with zero attached hydrogens (tertiary/aromatic N) is 2. The molecule has 1 saturated carbocycles. The molecule has 1 aliphatic heterocycles. The van der Waals surface area contributed by atoms with Gasteiger partial charge in [0.15, 0.2) is 5.60 Å². The van der Waals surface area contributed by atoms with Crippen molar-refractivity contribution in [2.75, 3.05) is 0 Å². The Hall–Kier alpha value is -3.35. The average molecular weight is 479 g/mol. The van der Waals surface area contributed by atoms with Crippen molar-refractivity contribution in [2.24, 2.45) is 4.99 Å². The van der Waals surface area contributed by atoms with Crippen molar-refractivity contribution >= 4 is 17.7 Å². The van der Waals surface area contributed by atoms with E-state index < -0.39 is 17.1 Å². The molecule has 1 spiro atoms. The zero-order valence-corrected chi connectivity index (χ0v) is 20.8. The Morgan fingerprint density at radius 3 is 2.43 bits per heavy atom. The summed E-state index contributed by atoms with van der Waals surface area (Å²) < 4.78 is 11.6. The second-order valence-corrected chi connectivity index (χ2v) is 9.90. The van der Waals surface area contributed by atoms with Crippen LogP contribution in [0, 0.1) is 0 Å². The third kappa shape index (κ3) is 5.50. The number of ether oxygens (including phenoxy) is 2. The number of amides is 1. The van der Waals surface area contributed by atoms with Crippen molar-refractivity contribution < 1.29 is 24.2 Å². The summed E-state index contributed by atoms with van der Waals surface area (Å²) in [6.07, 6.45) is 6.78. The summed E-state index contributed by atoms with van der Waals surface area (Å²) in [7, 11) is 0. The van der Waals surface area contributed by atoms with Crippen molar-refractivity contribution in [2.45, 2.75) is 83.4 Å². The number of amidine groups is 1. The maximum Gasteiger partial charge on any atom is 0.347 e. The van der Waals surface area contributed by atoms with Crippen molar-refractivity contribution in [3.05, 3.63) is 54.1 Å². The van der Waals surface area contributed by atoms with E-state index >= 15 is 0 Å². The van der Waals surface area contributed by atoms with Gasteiger partial charge in [-0.3, -0.25) is 14.7 Å². The number of hydrogen-bond acceptors (Lipinski definition) is 5. The van der Waals surface area contributed by atoms with Gasteiger partial charge in [0.1, 0.15) is 28.6 Å². The highest BCUT2D eigenvalue weighted by Gasteiger charge is 2.49. The fourth-order valence-corrected chi connectivity index (χ4v) is 4.62. The van der Waals surface area contributed by atoms with Crippen LogP contribution in [0.4, 0.5) is 0 Å². The molecule has 1 N–H and O–H groups in total. The molecular formula is C28H34N2O5. The lowest BCUT2D eigenvalue weighted by atomic mass is 9.98. The molecule has 186 valence electrons. The fourth-order valence-electron chi connectivity index (χ4n) is 4.62. The maximum atomic E-state index is 13.3. The van der Waals surface area contributed by atoms with E-state index in [0.29, 0.717) is 23.8 Å². The Kier molecular flexibility index (Phi) is 7.15. The number of unbranched alkanes of at least 4 members (excludes halogenated alkanes) is 1. The van der Waals surface area contributed by atoms with Gasteiger partial charge in [0.2, 0.25) is 0 Å². The van der Waals surface area contributed by atoms with Crippen molar-refractivity contribution in [3.63, 3.8) is 0 Å². The first kappa shape index (κ1) is 24.8. The largest absolute Gasteiger partial charge is 0.478 e. The molecule has 0 atom stereocenters. The number of rotatable bonds is 10. The van der Waals surface area contributed by atoms with E-state index in [0.717, 1.165) is 56.3 Å². The standard InChI is InChI=1S/C28H34N2O5/c1-4-5-11-24-29-28(16-6-7-17-28)25(31)30(24)19-20-12-14-21(15-13-20)34-22-9-8-10-23(18-22)35-27(2,3)26(32)33/h8-10,12-15,18H,4-7,11,16-17,19H2,1-3H3,(H,32,33). The van der Waals surface area contributed by atoms with Gasteiger partial charge in [0.05, 0.1) is 6.54 Å². The molecule has 0 aromatic heterocycles. The van der Waals surface area contributed by atoms with Crippen LogP contribution < -0.4 is 9.47 Å². The molecule has 0 saturated heterocycles. The monoisotopic (exact) mass is 478 g/mol. The lowest BCUT2D eigenvalue weighted by Gasteiger charge is -2.23. The van der Waals surface area contributed by atoms with Gasteiger partial charge in [-0.1, -0.05) is 44.4 Å². The molecule has 7 nitrogen and oxygen atoms in total. The number of benzene rings is 2. The summed E-state index contributed by atoms with van der Waals surface area (Å²) in [6, 6.07) is 14.6. The van der Waals surface area contributed by atoms with E-state index in [1.807, 2.05) is 29.2 Å². The quantitative estimate of drug-likeness (QED) is 0.455. The van der Waals surface area contributed by atoms with Crippen LogP contribution >= 0.6 is 0 Å². The minimum Gasteiger partial charge on any atom is -0.478 e. The van der Waals surface area contributed by atoms with Gasteiger partial charge >= 0.3 is 5.97 Å². The number of aliphatic imine (C=N–C) groups is 1. The molecule has 7 heteroatoms. The van der Waals surface area contributed by atoms with Crippen LogP contribution in [0.5, 0.6) is 17.2 Å². The summed E-state index contributed by atoms with van der Waals surface area (Å²) in [5.41, 5.74) is -0.844. The molecule has 35 heavy (non-hydrogen) atoms. The Labute approximate surface area is 206 Å². The number of aliphatic carboxylic acids is 1. The van der Waals surface area contributed by atoms with Crippen LogP contribution in [-0.4, -0.2) is 38.9 Å². The number of hydrogen-bond donors (Lipinski definition) is 1. The first-order valence-electron chi connectivity index (χ1n) is 12.4. The molecule has 2 aromatic carbocycles. The van der Waals surface area contributed by atoms with Gasteiger partial charge in [0.25, 0.3) is 5.91 Å². The Morgan fingerprint density at radius 1 is 1.09 bits per heavy atom. The molecule has 0 unspecified atom stereocenters. The van der Waals surface area contributed by atoms with Crippen LogP contribution in [0.3, 0.4) is 0 Å². The van der Waals surface area contributed by atoms with E-state index in [1.165, 1.54) is 13.8 Å². The number of carbonyl (C=O) groups excluding carboxylic acids is 1. The lowest BCUT2D eigenvalue weighted by Crippen LogP contribution is -2.40. The Balaban J connectivity index is 1.43. The predicted octanol–water partition coefficient (Wildman–Crippen LogP) is 5.96. The normalized spacial score (nSPS) is 17.1. The molecule has 0 bridgehead atoms. The summed E-state index contributed by atoms with van der Waals surface area (Å²) in [5, 5.41) is 9.28. The molecule has 1 amide bonds. The Bertz CT molecular complexity index is 1100. The van der Waals surface area contributed by atoms with Gasteiger partial charge < -0.3 is 14.6 Å². The molecule has 1 aliphatic carbocycles. The molecule has 1 fully saturated rings. The first-order chi connectivity index (χ1) is 16.7. The third-order valence-electron chi connectivity index (χ3n) is 6.68. The van der Waals surface area contributed by atoms with Crippen molar-refractivity contribution in [3.8, 4) is 17.2 Å². The van der Waals surface area contributed by atoms with Gasteiger partial charge in [-0.25, -0.2) is 4.79 Å². The topological polar surface area (TPSA) is 88.4 Å². The SMILES string of the molecule is CCCCC1=NC2(CCCC2)C(=O)N1Cc1ccc(Oc2cccc(OC(C)(C)C(=O)O)c2)cc1. The summed E-state index contributed by atoms with van der Waals surface area (Å²) in [5.74, 6) is 1.64. The second-order valence-electron chi connectivity index (χ2n) is 9.90. The summed E-state index contributed by atoms with van der Waals surface area (Å²) >= 11 is 0. The zero-order valence-electron chi connectivity index (χ0n) is 20.8. The second kappa shape index (κ2) is 10.1. The molecule has 0 radical (unpaired) electrons. The minimum atomic E-state index is -1.34. The smallest absolute Gasteiger partial charge is 0.347 e. The number of carboxylic acid groups (broad SMARTS) is 1. The van der Waals surface area contributed by atoms with Gasteiger partial charge in [0, 0.05) is 12.5 Å².